The van der Waals surface area contributed by atoms with Gasteiger partial charge in [0.2, 0.25) is 0 Å². The van der Waals surface area contributed by atoms with Crippen LogP contribution in [0.25, 0.3) is 0 Å². The summed E-state index contributed by atoms with van der Waals surface area (Å²) in [5, 5.41) is 11.4. The molecule has 1 aromatic rings. The number of thiophene rings is 1. The van der Waals surface area contributed by atoms with Crippen LogP contribution in [0.2, 0.25) is 0 Å². The van der Waals surface area contributed by atoms with E-state index in [-0.39, 0.29) is 5.91 Å². The van der Waals surface area contributed by atoms with Gasteiger partial charge in [0.1, 0.15) is 0 Å². The lowest BCUT2D eigenvalue weighted by atomic mass is 10.4. The summed E-state index contributed by atoms with van der Waals surface area (Å²) in [4.78, 5) is 16.6. The van der Waals surface area contributed by atoms with Crippen LogP contribution >= 0.6 is 11.3 Å². The SMILES string of the molecule is CN=C(NCCCNC(=O)c1cccs1)NCC1CC1. The lowest BCUT2D eigenvalue weighted by Crippen LogP contribution is -2.39. The van der Waals surface area contributed by atoms with Gasteiger partial charge in [-0.1, -0.05) is 6.07 Å². The molecule has 1 aromatic heterocycles. The van der Waals surface area contributed by atoms with E-state index in [2.05, 4.69) is 20.9 Å². The Labute approximate surface area is 123 Å². The number of carbonyl (C=O) groups excluding carboxylic acids is 1. The van der Waals surface area contributed by atoms with Crippen molar-refractivity contribution in [2.75, 3.05) is 26.7 Å². The van der Waals surface area contributed by atoms with Crippen LogP contribution in [-0.2, 0) is 0 Å². The van der Waals surface area contributed by atoms with E-state index in [1.165, 1.54) is 24.2 Å². The Kier molecular flexibility index (Phi) is 5.86. The lowest BCUT2D eigenvalue weighted by Gasteiger charge is -2.11. The van der Waals surface area contributed by atoms with E-state index in [4.69, 9.17) is 0 Å². The van der Waals surface area contributed by atoms with Gasteiger partial charge in [-0.05, 0) is 36.6 Å². The zero-order chi connectivity index (χ0) is 14.2. The molecule has 0 aromatic carbocycles. The molecule has 1 aliphatic carbocycles. The predicted octanol–water partition coefficient (Wildman–Crippen LogP) is 1.44. The molecule has 1 saturated carbocycles. The van der Waals surface area contributed by atoms with Gasteiger partial charge in [0.05, 0.1) is 4.88 Å². The lowest BCUT2D eigenvalue weighted by molar-refractivity contribution is 0.0957. The molecular formula is C14H22N4OS. The molecular weight excluding hydrogens is 272 g/mol. The maximum atomic E-state index is 11.7. The minimum atomic E-state index is 0.0104. The molecule has 6 heteroatoms. The predicted molar refractivity (Wildman–Crippen MR) is 83.4 cm³/mol. The Bertz CT molecular complexity index is 440. The highest BCUT2D eigenvalue weighted by Gasteiger charge is 2.20. The van der Waals surface area contributed by atoms with Crippen LogP contribution < -0.4 is 16.0 Å². The first kappa shape index (κ1) is 14.8. The van der Waals surface area contributed by atoms with Gasteiger partial charge in [-0.25, -0.2) is 0 Å². The topological polar surface area (TPSA) is 65.5 Å². The maximum absolute atomic E-state index is 11.7. The van der Waals surface area contributed by atoms with Crippen molar-refractivity contribution in [2.24, 2.45) is 10.9 Å². The highest BCUT2D eigenvalue weighted by Crippen LogP contribution is 2.27. The number of hydrogen-bond acceptors (Lipinski definition) is 3. The normalized spacial score (nSPS) is 14.9. The standard InChI is InChI=1S/C14H22N4OS/c1-15-14(18-10-11-5-6-11)17-8-3-7-16-13(19)12-4-2-9-20-12/h2,4,9,11H,3,5-8,10H2,1H3,(H,16,19)(H2,15,17,18). The molecule has 1 amide bonds. The molecule has 0 saturated heterocycles. The average molecular weight is 294 g/mol. The third-order valence-electron chi connectivity index (χ3n) is 3.16. The van der Waals surface area contributed by atoms with E-state index in [0.29, 0.717) is 6.54 Å². The fourth-order valence-corrected chi connectivity index (χ4v) is 2.42. The molecule has 110 valence electrons. The van der Waals surface area contributed by atoms with Crippen molar-refractivity contribution in [3.05, 3.63) is 22.4 Å². The molecule has 0 spiro atoms. The fourth-order valence-electron chi connectivity index (χ4n) is 1.78. The van der Waals surface area contributed by atoms with Gasteiger partial charge in [-0.3, -0.25) is 9.79 Å². The van der Waals surface area contributed by atoms with Gasteiger partial charge in [0.25, 0.3) is 5.91 Å². The Morgan fingerprint density at radius 3 is 2.80 bits per heavy atom. The Morgan fingerprint density at radius 2 is 2.15 bits per heavy atom. The summed E-state index contributed by atoms with van der Waals surface area (Å²) in [5.74, 6) is 1.69. The second-order valence-electron chi connectivity index (χ2n) is 4.91. The Hall–Kier alpha value is -1.56. The van der Waals surface area contributed by atoms with Crippen molar-refractivity contribution < 1.29 is 4.79 Å². The highest BCUT2D eigenvalue weighted by atomic mass is 32.1. The van der Waals surface area contributed by atoms with Crippen LogP contribution in [0.4, 0.5) is 0 Å². The number of carbonyl (C=O) groups is 1. The minimum absolute atomic E-state index is 0.0104. The quantitative estimate of drug-likeness (QED) is 0.405. The number of amides is 1. The molecule has 0 radical (unpaired) electrons. The first-order valence-corrected chi connectivity index (χ1v) is 7.94. The second-order valence-corrected chi connectivity index (χ2v) is 5.86. The largest absolute Gasteiger partial charge is 0.356 e. The van der Waals surface area contributed by atoms with Gasteiger partial charge in [0, 0.05) is 26.7 Å². The number of hydrogen-bond donors (Lipinski definition) is 3. The number of guanidine groups is 1. The Balaban J connectivity index is 1.52. The van der Waals surface area contributed by atoms with Crippen molar-refractivity contribution in [3.63, 3.8) is 0 Å². The molecule has 1 aliphatic rings. The molecule has 5 nitrogen and oxygen atoms in total. The Morgan fingerprint density at radius 1 is 1.35 bits per heavy atom. The highest BCUT2D eigenvalue weighted by molar-refractivity contribution is 7.12. The van der Waals surface area contributed by atoms with Crippen LogP contribution in [0.15, 0.2) is 22.5 Å². The van der Waals surface area contributed by atoms with Crippen molar-refractivity contribution in [1.29, 1.82) is 0 Å². The van der Waals surface area contributed by atoms with Crippen molar-refractivity contribution in [2.45, 2.75) is 19.3 Å². The van der Waals surface area contributed by atoms with Gasteiger partial charge in [0.15, 0.2) is 5.96 Å². The number of nitrogens with zero attached hydrogens (tertiary/aromatic N) is 1. The summed E-state index contributed by atoms with van der Waals surface area (Å²) in [7, 11) is 1.78. The van der Waals surface area contributed by atoms with E-state index in [0.717, 1.165) is 36.3 Å². The summed E-state index contributed by atoms with van der Waals surface area (Å²) >= 11 is 1.46. The third-order valence-corrected chi connectivity index (χ3v) is 4.02. The number of rotatable bonds is 7. The van der Waals surface area contributed by atoms with E-state index in [1.807, 2.05) is 17.5 Å². The summed E-state index contributed by atoms with van der Waals surface area (Å²) in [6.45, 7) is 2.48. The van der Waals surface area contributed by atoms with Gasteiger partial charge in [-0.15, -0.1) is 11.3 Å². The van der Waals surface area contributed by atoms with Crippen LogP contribution in [0.3, 0.4) is 0 Å². The van der Waals surface area contributed by atoms with Crippen molar-refractivity contribution >= 4 is 23.2 Å². The van der Waals surface area contributed by atoms with Crippen molar-refractivity contribution in [1.82, 2.24) is 16.0 Å². The molecule has 0 bridgehead atoms. The first-order chi connectivity index (χ1) is 9.79. The minimum Gasteiger partial charge on any atom is -0.356 e. The maximum Gasteiger partial charge on any atom is 0.261 e. The van der Waals surface area contributed by atoms with Crippen molar-refractivity contribution in [3.8, 4) is 0 Å². The fraction of sp³-hybridized carbons (Fsp3) is 0.571. The molecule has 1 heterocycles. The van der Waals surface area contributed by atoms with E-state index >= 15 is 0 Å². The summed E-state index contributed by atoms with van der Waals surface area (Å²) in [6, 6.07) is 3.72. The van der Waals surface area contributed by atoms with Gasteiger partial charge in [-0.2, -0.15) is 0 Å². The zero-order valence-corrected chi connectivity index (χ0v) is 12.6. The average Bonchev–Trinajstić information content (AvgIpc) is 3.12. The van der Waals surface area contributed by atoms with E-state index < -0.39 is 0 Å². The number of nitrogens with one attached hydrogen (secondary N) is 3. The van der Waals surface area contributed by atoms with Crippen LogP contribution in [0.1, 0.15) is 28.9 Å². The van der Waals surface area contributed by atoms with E-state index in [9.17, 15) is 4.79 Å². The second kappa shape index (κ2) is 7.89. The van der Waals surface area contributed by atoms with Crippen LogP contribution in [0.5, 0.6) is 0 Å². The van der Waals surface area contributed by atoms with Crippen LogP contribution in [0, 0.1) is 5.92 Å². The molecule has 3 N–H and O–H groups in total. The summed E-state index contributed by atoms with van der Waals surface area (Å²) < 4.78 is 0. The number of aliphatic imine (C=N–C) groups is 1. The van der Waals surface area contributed by atoms with E-state index in [1.54, 1.807) is 7.05 Å². The molecule has 1 fully saturated rings. The van der Waals surface area contributed by atoms with Crippen LogP contribution in [-0.4, -0.2) is 38.5 Å². The third kappa shape index (κ3) is 5.21. The summed E-state index contributed by atoms with van der Waals surface area (Å²) in [6.07, 6.45) is 3.54. The molecule has 2 rings (SSSR count). The smallest absolute Gasteiger partial charge is 0.261 e. The first-order valence-electron chi connectivity index (χ1n) is 7.06. The molecule has 0 atom stereocenters. The molecule has 0 aliphatic heterocycles. The molecule has 20 heavy (non-hydrogen) atoms. The zero-order valence-electron chi connectivity index (χ0n) is 11.8. The van der Waals surface area contributed by atoms with Gasteiger partial charge >= 0.3 is 0 Å². The molecule has 0 unspecified atom stereocenters. The summed E-state index contributed by atoms with van der Waals surface area (Å²) in [5.41, 5.74) is 0. The van der Waals surface area contributed by atoms with Gasteiger partial charge < -0.3 is 16.0 Å². The monoisotopic (exact) mass is 294 g/mol.